The molecule has 1 aromatic rings. The fourth-order valence-electron chi connectivity index (χ4n) is 4.95. The number of hydrogen-bond acceptors (Lipinski definition) is 8. The third-order valence-corrected chi connectivity index (χ3v) is 6.87. The molecule has 0 aromatic heterocycles. The van der Waals surface area contributed by atoms with Crippen LogP contribution in [0.3, 0.4) is 0 Å². The van der Waals surface area contributed by atoms with E-state index in [2.05, 4.69) is 55.2 Å². The monoisotopic (exact) mass is 509 g/mol. The van der Waals surface area contributed by atoms with Crippen molar-refractivity contribution in [3.63, 3.8) is 0 Å². The first kappa shape index (κ1) is 29.3. The molecule has 1 amide bonds. The van der Waals surface area contributed by atoms with E-state index in [1.807, 2.05) is 6.07 Å². The molecule has 36 heavy (non-hydrogen) atoms. The molecule has 2 aliphatic rings. The molecular weight excluding hydrogens is 470 g/mol. The molecule has 1 saturated heterocycles. The molecule has 2 heterocycles. The van der Waals surface area contributed by atoms with Crippen molar-refractivity contribution >= 4 is 23.7 Å². The molecular formula is C25H39N3O8. The van der Waals surface area contributed by atoms with Gasteiger partial charge in [0, 0.05) is 31.2 Å². The zero-order chi connectivity index (χ0) is 27.0. The van der Waals surface area contributed by atoms with Crippen LogP contribution in [0, 0.1) is 0 Å². The Labute approximate surface area is 211 Å². The lowest BCUT2D eigenvalue weighted by Gasteiger charge is -2.32. The van der Waals surface area contributed by atoms with Crippen LogP contribution >= 0.6 is 0 Å². The SMILES string of the molecule is CCCCCCCNC(=O)Oc1ccc2c(c1)[C@]1(C)CCN(C)[C@@H]1N2C.O=C(O)[C@H](O)[C@@H](O)C(=O)O. The van der Waals surface area contributed by atoms with E-state index in [9.17, 15) is 14.4 Å². The second-order valence-corrected chi connectivity index (χ2v) is 9.61. The zero-order valence-corrected chi connectivity index (χ0v) is 21.4. The van der Waals surface area contributed by atoms with Crippen LogP contribution in [0.2, 0.25) is 0 Å². The van der Waals surface area contributed by atoms with Crippen molar-refractivity contribution in [2.45, 2.75) is 76.2 Å². The van der Waals surface area contributed by atoms with Crippen molar-refractivity contribution < 1.29 is 39.5 Å². The van der Waals surface area contributed by atoms with Crippen molar-refractivity contribution in [1.29, 1.82) is 0 Å². The Hall–Kier alpha value is -2.89. The molecule has 0 unspecified atom stereocenters. The van der Waals surface area contributed by atoms with Gasteiger partial charge in [-0.3, -0.25) is 4.90 Å². The number of unbranched alkanes of at least 4 members (excludes halogenated alkanes) is 4. The van der Waals surface area contributed by atoms with Gasteiger partial charge in [-0.15, -0.1) is 0 Å². The average molecular weight is 510 g/mol. The maximum absolute atomic E-state index is 12.1. The molecule has 1 aromatic carbocycles. The highest BCUT2D eigenvalue weighted by atomic mass is 16.6. The van der Waals surface area contributed by atoms with Gasteiger partial charge in [0.1, 0.15) is 5.75 Å². The first-order valence-electron chi connectivity index (χ1n) is 12.3. The largest absolute Gasteiger partial charge is 0.479 e. The van der Waals surface area contributed by atoms with Crippen LogP contribution in [-0.2, 0) is 15.0 Å². The Morgan fingerprint density at radius 3 is 2.28 bits per heavy atom. The number of aliphatic hydroxyl groups is 2. The maximum Gasteiger partial charge on any atom is 0.412 e. The summed E-state index contributed by atoms with van der Waals surface area (Å²) in [7, 11) is 4.34. The summed E-state index contributed by atoms with van der Waals surface area (Å²) < 4.78 is 5.54. The molecule has 4 atom stereocenters. The Morgan fingerprint density at radius 1 is 1.08 bits per heavy atom. The Morgan fingerprint density at radius 2 is 1.69 bits per heavy atom. The van der Waals surface area contributed by atoms with E-state index in [-0.39, 0.29) is 11.5 Å². The molecule has 2 aliphatic heterocycles. The molecule has 11 nitrogen and oxygen atoms in total. The van der Waals surface area contributed by atoms with Crippen molar-refractivity contribution in [2.24, 2.45) is 0 Å². The number of aliphatic carboxylic acids is 2. The number of fused-ring (bicyclic) bond motifs is 3. The van der Waals surface area contributed by atoms with E-state index in [1.165, 1.54) is 30.5 Å². The van der Waals surface area contributed by atoms with Crippen LogP contribution in [0.1, 0.15) is 57.9 Å². The van der Waals surface area contributed by atoms with E-state index in [0.29, 0.717) is 18.5 Å². The first-order valence-corrected chi connectivity index (χ1v) is 12.3. The van der Waals surface area contributed by atoms with Crippen LogP contribution in [0.5, 0.6) is 5.75 Å². The fraction of sp³-hybridized carbons (Fsp3) is 0.640. The number of rotatable bonds is 10. The summed E-state index contributed by atoms with van der Waals surface area (Å²) >= 11 is 0. The molecule has 0 radical (unpaired) electrons. The number of nitrogens with zero attached hydrogens (tertiary/aromatic N) is 2. The fourth-order valence-corrected chi connectivity index (χ4v) is 4.95. The van der Waals surface area contributed by atoms with Gasteiger partial charge in [0.2, 0.25) is 0 Å². The molecule has 11 heteroatoms. The highest BCUT2D eigenvalue weighted by Crippen LogP contribution is 2.51. The Bertz CT molecular complexity index is 909. The smallest absolute Gasteiger partial charge is 0.412 e. The highest BCUT2D eigenvalue weighted by Gasteiger charge is 2.52. The number of ether oxygens (including phenoxy) is 1. The molecule has 202 valence electrons. The number of carbonyl (C=O) groups excluding carboxylic acids is 1. The number of likely N-dealkylation sites (tertiary alicyclic amines) is 1. The zero-order valence-electron chi connectivity index (χ0n) is 21.4. The quantitative estimate of drug-likeness (QED) is 0.295. The second kappa shape index (κ2) is 12.9. The van der Waals surface area contributed by atoms with E-state index < -0.39 is 24.1 Å². The van der Waals surface area contributed by atoms with Gasteiger partial charge >= 0.3 is 18.0 Å². The van der Waals surface area contributed by atoms with Crippen LogP contribution in [-0.4, -0.2) is 88.9 Å². The number of hydrogen-bond donors (Lipinski definition) is 5. The standard InChI is InChI=1S/C21H33N3O2.C4H6O6/c1-5-6-7-8-9-13-22-20(25)26-16-10-11-18-17(15-16)21(2)12-14-23(3)19(21)24(18)4;5-1(3(7)8)2(6)4(9)10/h10-11,15,19H,5-9,12-14H2,1-4H3,(H,22,25);1-2,5-6H,(H,7,8)(H,9,10)/t19-,21+;1-,2-/m11/s1. The number of carboxylic acids is 2. The number of nitrogens with one attached hydrogen (secondary N) is 1. The molecule has 1 fully saturated rings. The number of amides is 1. The molecule has 0 bridgehead atoms. The van der Waals surface area contributed by atoms with E-state index in [4.69, 9.17) is 25.2 Å². The predicted octanol–water partition coefficient (Wildman–Crippen LogP) is 1.99. The number of carbonyl (C=O) groups is 3. The van der Waals surface area contributed by atoms with Crippen LogP contribution in [0.15, 0.2) is 18.2 Å². The number of benzene rings is 1. The van der Waals surface area contributed by atoms with Crippen molar-refractivity contribution in [3.8, 4) is 5.75 Å². The molecule has 5 N–H and O–H groups in total. The third-order valence-electron chi connectivity index (χ3n) is 6.87. The lowest BCUT2D eigenvalue weighted by Crippen LogP contribution is -2.45. The van der Waals surface area contributed by atoms with Gasteiger partial charge in [-0.25, -0.2) is 14.4 Å². The van der Waals surface area contributed by atoms with Crippen LogP contribution in [0.25, 0.3) is 0 Å². The lowest BCUT2D eigenvalue weighted by molar-refractivity contribution is -0.165. The summed E-state index contributed by atoms with van der Waals surface area (Å²) in [4.78, 5) is 36.4. The topological polar surface area (TPSA) is 160 Å². The Kier molecular flexibility index (Phi) is 10.5. The van der Waals surface area contributed by atoms with Crippen LogP contribution < -0.4 is 15.0 Å². The van der Waals surface area contributed by atoms with Gasteiger partial charge in [-0.2, -0.15) is 0 Å². The normalized spacial score (nSPS) is 22.1. The van der Waals surface area contributed by atoms with Gasteiger partial charge in [0.05, 0.1) is 6.17 Å². The number of carboxylic acid groups (broad SMARTS) is 2. The minimum atomic E-state index is -2.27. The van der Waals surface area contributed by atoms with E-state index in [0.717, 1.165) is 25.8 Å². The maximum atomic E-state index is 12.1. The van der Waals surface area contributed by atoms with Crippen molar-refractivity contribution in [3.05, 3.63) is 23.8 Å². The summed E-state index contributed by atoms with van der Waals surface area (Å²) in [5, 5.41) is 35.4. The molecule has 0 saturated carbocycles. The number of likely N-dealkylation sites (N-methyl/N-ethyl adjacent to an activating group) is 2. The van der Waals surface area contributed by atoms with Gasteiger partial charge in [-0.1, -0.05) is 39.5 Å². The first-order chi connectivity index (χ1) is 16.9. The van der Waals surface area contributed by atoms with Gasteiger partial charge in [0.15, 0.2) is 12.2 Å². The van der Waals surface area contributed by atoms with Gasteiger partial charge in [-0.05, 0) is 43.7 Å². The molecule has 0 spiro atoms. The summed E-state index contributed by atoms with van der Waals surface area (Å²) in [6.07, 6.45) is 2.53. The lowest BCUT2D eigenvalue weighted by atomic mass is 9.81. The third kappa shape index (κ3) is 6.86. The van der Waals surface area contributed by atoms with E-state index >= 15 is 0 Å². The molecule has 0 aliphatic carbocycles. The minimum absolute atomic E-state index is 0.0912. The second-order valence-electron chi connectivity index (χ2n) is 9.61. The molecule has 3 rings (SSSR count). The Balaban J connectivity index is 0.000000388. The van der Waals surface area contributed by atoms with Crippen molar-refractivity contribution in [2.75, 3.05) is 32.1 Å². The van der Waals surface area contributed by atoms with Gasteiger partial charge < -0.3 is 35.4 Å². The highest BCUT2D eigenvalue weighted by molar-refractivity contribution is 5.83. The minimum Gasteiger partial charge on any atom is -0.479 e. The van der Waals surface area contributed by atoms with Crippen LogP contribution in [0.4, 0.5) is 10.5 Å². The summed E-state index contributed by atoms with van der Waals surface area (Å²) in [6.45, 7) is 6.30. The predicted molar refractivity (Wildman–Crippen MR) is 133 cm³/mol. The summed E-state index contributed by atoms with van der Waals surface area (Å²) in [5.74, 6) is -2.90. The number of aliphatic hydroxyl groups excluding tert-OH is 2. The average Bonchev–Trinajstić information content (AvgIpc) is 3.25. The van der Waals surface area contributed by atoms with Crippen molar-refractivity contribution in [1.82, 2.24) is 10.2 Å². The van der Waals surface area contributed by atoms with Gasteiger partial charge in [0.25, 0.3) is 0 Å². The number of anilines is 1. The van der Waals surface area contributed by atoms with E-state index in [1.54, 1.807) is 0 Å². The summed E-state index contributed by atoms with van der Waals surface area (Å²) in [5.41, 5.74) is 2.63. The summed E-state index contributed by atoms with van der Waals surface area (Å²) in [6, 6.07) is 6.05.